The highest BCUT2D eigenvalue weighted by molar-refractivity contribution is 6.01. The molecule has 4 rings (SSSR count). The Hall–Kier alpha value is -3.57. The van der Waals surface area contributed by atoms with Crippen LogP contribution in [0.3, 0.4) is 0 Å². The zero-order valence-electron chi connectivity index (χ0n) is 22.2. The number of imide groups is 1. The number of esters is 1. The molecular weight excluding hydrogens is 492 g/mol. The number of aromatic nitrogens is 3. The van der Waals surface area contributed by atoms with Crippen LogP contribution < -0.4 is 10.6 Å². The molecule has 2 saturated heterocycles. The van der Waals surface area contributed by atoms with Gasteiger partial charge in [-0.05, 0) is 25.7 Å². The quantitative estimate of drug-likeness (QED) is 0.269. The first-order chi connectivity index (χ1) is 18.0. The fraction of sp³-hybridized carbons (Fsp3) is 0.654. The number of likely N-dealkylation sites (tertiary alicyclic amines) is 1. The molecular formula is C26H36N6O6. The van der Waals surface area contributed by atoms with Gasteiger partial charge in [0.15, 0.2) is 0 Å². The van der Waals surface area contributed by atoms with E-state index in [1.807, 2.05) is 12.3 Å². The normalized spacial score (nSPS) is 26.3. The molecule has 2 aliphatic heterocycles. The highest BCUT2D eigenvalue weighted by atomic mass is 16.5. The van der Waals surface area contributed by atoms with Crippen molar-refractivity contribution in [2.45, 2.75) is 83.8 Å². The van der Waals surface area contributed by atoms with Gasteiger partial charge in [0.1, 0.15) is 6.04 Å². The minimum Gasteiger partial charge on any atom is -0.469 e. The smallest absolute Gasteiger partial charge is 0.312 e. The summed E-state index contributed by atoms with van der Waals surface area (Å²) >= 11 is 0. The van der Waals surface area contributed by atoms with Gasteiger partial charge in [-0.25, -0.2) is 0 Å². The van der Waals surface area contributed by atoms with E-state index in [2.05, 4.69) is 40.9 Å². The van der Waals surface area contributed by atoms with Gasteiger partial charge in [0, 0.05) is 43.8 Å². The molecule has 4 amide bonds. The van der Waals surface area contributed by atoms with Crippen LogP contribution in [0.1, 0.15) is 64.5 Å². The number of nitrogens with one attached hydrogen (secondary N) is 2. The molecule has 12 heteroatoms. The number of ether oxygens (including phenoxy) is 1. The number of nitrogens with zero attached hydrogens (tertiary/aromatic N) is 4. The minimum atomic E-state index is -0.754. The first-order valence-electron chi connectivity index (χ1n) is 13.1. The number of rotatable bonds is 9. The summed E-state index contributed by atoms with van der Waals surface area (Å²) in [5.74, 6) is -1.66. The van der Waals surface area contributed by atoms with Crippen LogP contribution in [-0.4, -0.2) is 75.2 Å². The second-order valence-corrected chi connectivity index (χ2v) is 11.2. The Bertz CT molecular complexity index is 1140. The molecule has 0 radical (unpaired) electrons. The van der Waals surface area contributed by atoms with Gasteiger partial charge >= 0.3 is 5.97 Å². The van der Waals surface area contributed by atoms with E-state index in [-0.39, 0.29) is 54.9 Å². The zero-order chi connectivity index (χ0) is 27.5. The number of carbonyl (C=O) groups excluding carboxylic acids is 5. The molecule has 1 aromatic rings. The summed E-state index contributed by atoms with van der Waals surface area (Å²) in [4.78, 5) is 62.7. The zero-order valence-corrected chi connectivity index (χ0v) is 22.2. The van der Waals surface area contributed by atoms with Crippen molar-refractivity contribution in [3.63, 3.8) is 0 Å². The third-order valence-corrected chi connectivity index (χ3v) is 7.87. The van der Waals surface area contributed by atoms with Gasteiger partial charge < -0.3 is 15.0 Å². The molecule has 3 atom stereocenters. The molecule has 0 aromatic carbocycles. The van der Waals surface area contributed by atoms with Gasteiger partial charge in [-0.3, -0.25) is 34.0 Å². The Morgan fingerprint density at radius 2 is 2.00 bits per heavy atom. The lowest BCUT2D eigenvalue weighted by molar-refractivity contribution is -0.154. The first-order valence-corrected chi connectivity index (χ1v) is 13.1. The number of carbonyl (C=O) groups is 5. The van der Waals surface area contributed by atoms with E-state index in [1.54, 1.807) is 9.58 Å². The van der Waals surface area contributed by atoms with Crippen LogP contribution in [0.25, 0.3) is 0 Å². The summed E-state index contributed by atoms with van der Waals surface area (Å²) < 4.78 is 6.80. The standard InChI is InChI=1S/C26H36N6O6/c1-25(2)16-32(22(35)10-9-20(33)27-18-7-8-21(34)28-23(18)36)19(25)15-31-14-17(29-30-31)13-26(24(37)38-3)11-5-4-6-12-26/h4-5,14,18-19H,6-13,15-16H2,1-3H3,(H,27,33)(H,28,34,36). The maximum Gasteiger partial charge on any atom is 0.312 e. The Morgan fingerprint density at radius 3 is 2.66 bits per heavy atom. The molecule has 2 fully saturated rings. The summed E-state index contributed by atoms with van der Waals surface area (Å²) in [5.41, 5.74) is -0.0832. The maximum absolute atomic E-state index is 13.0. The maximum atomic E-state index is 13.0. The van der Waals surface area contributed by atoms with Gasteiger partial charge in [-0.2, -0.15) is 0 Å². The Balaban J connectivity index is 1.32. The Labute approximate surface area is 221 Å². The van der Waals surface area contributed by atoms with Crippen LogP contribution in [0.15, 0.2) is 18.3 Å². The predicted octanol–water partition coefficient (Wildman–Crippen LogP) is 0.659. The number of hydrogen-bond donors (Lipinski definition) is 2. The van der Waals surface area contributed by atoms with Crippen molar-refractivity contribution in [2.75, 3.05) is 13.7 Å². The van der Waals surface area contributed by atoms with E-state index in [1.165, 1.54) is 7.11 Å². The third kappa shape index (κ3) is 5.94. The molecule has 0 bridgehead atoms. The van der Waals surface area contributed by atoms with Crippen LogP contribution >= 0.6 is 0 Å². The highest BCUT2D eigenvalue weighted by Crippen LogP contribution is 2.39. The lowest BCUT2D eigenvalue weighted by Gasteiger charge is -2.54. The van der Waals surface area contributed by atoms with E-state index in [0.717, 1.165) is 6.42 Å². The van der Waals surface area contributed by atoms with E-state index in [0.29, 0.717) is 38.0 Å². The van der Waals surface area contributed by atoms with Gasteiger partial charge in [-0.1, -0.05) is 31.2 Å². The lowest BCUT2D eigenvalue weighted by atomic mass is 9.73. The van der Waals surface area contributed by atoms with Crippen molar-refractivity contribution < 1.29 is 28.7 Å². The average Bonchev–Trinajstić information content (AvgIpc) is 3.33. The molecule has 12 nitrogen and oxygen atoms in total. The van der Waals surface area contributed by atoms with Crippen molar-refractivity contribution in [3.05, 3.63) is 24.0 Å². The van der Waals surface area contributed by atoms with Crippen molar-refractivity contribution in [1.82, 2.24) is 30.5 Å². The van der Waals surface area contributed by atoms with E-state index < -0.39 is 23.3 Å². The van der Waals surface area contributed by atoms with E-state index in [4.69, 9.17) is 4.74 Å². The second-order valence-electron chi connectivity index (χ2n) is 11.2. The molecule has 206 valence electrons. The Kier molecular flexibility index (Phi) is 7.98. The van der Waals surface area contributed by atoms with Crippen LogP contribution in [0.4, 0.5) is 0 Å². The molecule has 38 heavy (non-hydrogen) atoms. The average molecular weight is 529 g/mol. The van der Waals surface area contributed by atoms with Gasteiger partial charge in [0.05, 0.1) is 30.8 Å². The molecule has 1 aliphatic carbocycles. The molecule has 3 unspecified atom stereocenters. The number of hydrogen-bond acceptors (Lipinski definition) is 8. The number of piperidine rings is 1. The summed E-state index contributed by atoms with van der Waals surface area (Å²) in [6, 6.07) is -0.884. The molecule has 1 aromatic heterocycles. The van der Waals surface area contributed by atoms with Crippen LogP contribution in [0, 0.1) is 10.8 Å². The van der Waals surface area contributed by atoms with Crippen LogP contribution in [0.2, 0.25) is 0 Å². The summed E-state index contributed by atoms with van der Waals surface area (Å²) in [7, 11) is 1.40. The molecule has 2 N–H and O–H groups in total. The summed E-state index contributed by atoms with van der Waals surface area (Å²) in [6.07, 6.45) is 8.84. The second kappa shape index (κ2) is 11.0. The number of allylic oxidation sites excluding steroid dienone is 2. The van der Waals surface area contributed by atoms with Crippen LogP contribution in [0.5, 0.6) is 0 Å². The lowest BCUT2D eigenvalue weighted by Crippen LogP contribution is -2.65. The van der Waals surface area contributed by atoms with E-state index in [9.17, 15) is 24.0 Å². The Morgan fingerprint density at radius 1 is 1.21 bits per heavy atom. The van der Waals surface area contributed by atoms with Crippen molar-refractivity contribution in [2.24, 2.45) is 10.8 Å². The first kappa shape index (κ1) is 27.5. The van der Waals surface area contributed by atoms with Gasteiger partial charge in [0.2, 0.25) is 23.6 Å². The predicted molar refractivity (Wildman–Crippen MR) is 134 cm³/mol. The minimum absolute atomic E-state index is 0.0173. The van der Waals surface area contributed by atoms with Crippen molar-refractivity contribution in [3.8, 4) is 0 Å². The monoisotopic (exact) mass is 528 g/mol. The fourth-order valence-corrected chi connectivity index (χ4v) is 5.59. The van der Waals surface area contributed by atoms with Crippen LogP contribution in [-0.2, 0) is 41.7 Å². The molecule has 3 aliphatic rings. The third-order valence-electron chi connectivity index (χ3n) is 7.87. The SMILES string of the molecule is COC(=O)C1(Cc2cn(CC3N(C(=O)CCC(=O)NC4CCC(=O)NC4=O)CC3(C)C)nn2)CC=CCC1. The molecule has 0 saturated carbocycles. The molecule has 0 spiro atoms. The largest absolute Gasteiger partial charge is 0.469 e. The summed E-state index contributed by atoms with van der Waals surface area (Å²) in [6.45, 7) is 5.16. The van der Waals surface area contributed by atoms with E-state index >= 15 is 0 Å². The highest BCUT2D eigenvalue weighted by Gasteiger charge is 2.48. The summed E-state index contributed by atoms with van der Waals surface area (Å²) in [5, 5.41) is 13.4. The molecule has 3 heterocycles. The van der Waals surface area contributed by atoms with Gasteiger partial charge in [-0.15, -0.1) is 5.10 Å². The van der Waals surface area contributed by atoms with Crippen molar-refractivity contribution in [1.29, 1.82) is 0 Å². The number of methoxy groups -OCH3 is 1. The fourth-order valence-electron chi connectivity index (χ4n) is 5.59. The van der Waals surface area contributed by atoms with Gasteiger partial charge in [0.25, 0.3) is 0 Å². The number of amides is 4. The topological polar surface area (TPSA) is 153 Å². The van der Waals surface area contributed by atoms with Crippen molar-refractivity contribution >= 4 is 29.6 Å².